The number of aromatic nitrogens is 4. The number of aryl methyl sites for hydroxylation is 1. The molecule has 0 bridgehead atoms. The van der Waals surface area contributed by atoms with Crippen LogP contribution in [0.15, 0.2) is 29.3 Å². The van der Waals surface area contributed by atoms with Crippen molar-refractivity contribution < 1.29 is 8.42 Å². The summed E-state index contributed by atoms with van der Waals surface area (Å²) in [6, 6.07) is 4.76. The molecule has 104 valence electrons. The maximum Gasteiger partial charge on any atom is 0.175 e. The van der Waals surface area contributed by atoms with E-state index in [-0.39, 0.29) is 4.90 Å². The molecule has 8 heteroatoms. The van der Waals surface area contributed by atoms with Gasteiger partial charge in [0.2, 0.25) is 0 Å². The van der Waals surface area contributed by atoms with Crippen LogP contribution in [0.1, 0.15) is 0 Å². The normalized spacial score (nSPS) is 12.1. The van der Waals surface area contributed by atoms with Crippen molar-refractivity contribution in [2.45, 2.75) is 4.90 Å². The average Bonchev–Trinajstić information content (AvgIpc) is 2.92. The first kappa shape index (κ1) is 12.7. The number of imidazole rings is 1. The van der Waals surface area contributed by atoms with Gasteiger partial charge in [0.05, 0.1) is 27.7 Å². The molecule has 0 atom stereocenters. The number of hydrogen-bond acceptors (Lipinski definition) is 5. The van der Waals surface area contributed by atoms with Crippen LogP contribution in [0.25, 0.3) is 22.4 Å². The lowest BCUT2D eigenvalue weighted by Crippen LogP contribution is -1.98. The minimum Gasteiger partial charge on any atom is -0.383 e. The summed E-state index contributed by atoms with van der Waals surface area (Å²) in [6.45, 7) is 0. The van der Waals surface area contributed by atoms with E-state index < -0.39 is 9.84 Å². The minimum absolute atomic E-state index is 0.249. The van der Waals surface area contributed by atoms with Crippen molar-refractivity contribution in [2.75, 3.05) is 12.0 Å². The van der Waals surface area contributed by atoms with Crippen molar-refractivity contribution in [3.63, 3.8) is 0 Å². The topological polar surface area (TPSA) is 107 Å². The molecular weight excluding hydrogens is 278 g/mol. The second-order valence-electron chi connectivity index (χ2n) is 4.60. The number of nitrogens with one attached hydrogen (secondary N) is 1. The number of sulfone groups is 1. The van der Waals surface area contributed by atoms with E-state index in [2.05, 4.69) is 15.1 Å². The fourth-order valence-electron chi connectivity index (χ4n) is 1.98. The number of anilines is 1. The Balaban J connectivity index is 2.19. The lowest BCUT2D eigenvalue weighted by Gasteiger charge is -1.96. The Kier molecular flexibility index (Phi) is 2.58. The Morgan fingerprint density at radius 2 is 2.10 bits per heavy atom. The first-order chi connectivity index (χ1) is 9.36. The molecular formula is C12H13N5O2S. The summed E-state index contributed by atoms with van der Waals surface area (Å²) in [5.74, 6) is 1.06. The van der Waals surface area contributed by atoms with Crippen LogP contribution in [0.4, 0.5) is 5.82 Å². The van der Waals surface area contributed by atoms with E-state index in [0.717, 1.165) is 0 Å². The average molecular weight is 291 g/mol. The predicted molar refractivity (Wildman–Crippen MR) is 75.8 cm³/mol. The summed E-state index contributed by atoms with van der Waals surface area (Å²) in [5.41, 5.74) is 7.91. The van der Waals surface area contributed by atoms with E-state index in [1.165, 1.54) is 12.3 Å². The molecule has 2 heterocycles. The molecule has 3 N–H and O–H groups in total. The zero-order valence-corrected chi connectivity index (χ0v) is 11.8. The lowest BCUT2D eigenvalue weighted by atomic mass is 10.3. The van der Waals surface area contributed by atoms with Gasteiger partial charge in [-0.05, 0) is 18.2 Å². The standard InChI is InChI=1S/C12H13N5O2S/c1-17-11(13)8(6-14-17)12-15-9-4-3-7(20(2,18)19)5-10(9)16-12/h3-6H,13H2,1-2H3,(H,15,16). The van der Waals surface area contributed by atoms with Gasteiger partial charge in [-0.3, -0.25) is 4.68 Å². The summed E-state index contributed by atoms with van der Waals surface area (Å²) in [7, 11) is -1.50. The van der Waals surface area contributed by atoms with Crippen LogP contribution in [-0.4, -0.2) is 34.4 Å². The van der Waals surface area contributed by atoms with Crippen LogP contribution >= 0.6 is 0 Å². The number of H-pyrrole nitrogens is 1. The van der Waals surface area contributed by atoms with Gasteiger partial charge >= 0.3 is 0 Å². The molecule has 0 saturated heterocycles. The quantitative estimate of drug-likeness (QED) is 0.731. The van der Waals surface area contributed by atoms with Crippen molar-refractivity contribution in [3.8, 4) is 11.4 Å². The third-order valence-corrected chi connectivity index (χ3v) is 4.23. The van der Waals surface area contributed by atoms with Gasteiger partial charge in [-0.25, -0.2) is 13.4 Å². The number of rotatable bonds is 2. The molecule has 1 aromatic carbocycles. The number of nitrogen functional groups attached to an aromatic ring is 1. The van der Waals surface area contributed by atoms with E-state index >= 15 is 0 Å². The van der Waals surface area contributed by atoms with Gasteiger partial charge in [-0.1, -0.05) is 0 Å². The molecule has 0 radical (unpaired) electrons. The molecule has 0 spiro atoms. The number of nitrogens with two attached hydrogens (primary N) is 1. The van der Waals surface area contributed by atoms with E-state index in [4.69, 9.17) is 5.73 Å². The van der Waals surface area contributed by atoms with Crippen LogP contribution in [0.5, 0.6) is 0 Å². The highest BCUT2D eigenvalue weighted by Crippen LogP contribution is 2.26. The van der Waals surface area contributed by atoms with Crippen molar-refractivity contribution >= 4 is 26.7 Å². The number of nitrogens with zero attached hydrogens (tertiary/aromatic N) is 3. The molecule has 20 heavy (non-hydrogen) atoms. The Morgan fingerprint density at radius 3 is 2.70 bits per heavy atom. The summed E-state index contributed by atoms with van der Waals surface area (Å²) in [5, 5.41) is 4.06. The molecule has 0 saturated carbocycles. The number of fused-ring (bicyclic) bond motifs is 1. The smallest absolute Gasteiger partial charge is 0.175 e. The maximum absolute atomic E-state index is 11.5. The van der Waals surface area contributed by atoms with Crippen molar-refractivity contribution in [1.82, 2.24) is 19.7 Å². The molecule has 3 rings (SSSR count). The first-order valence-corrected chi connectivity index (χ1v) is 7.73. The Bertz CT molecular complexity index is 907. The summed E-state index contributed by atoms with van der Waals surface area (Å²) >= 11 is 0. The molecule has 7 nitrogen and oxygen atoms in total. The van der Waals surface area contributed by atoms with Crippen molar-refractivity contribution in [2.24, 2.45) is 7.05 Å². The number of benzene rings is 1. The zero-order valence-electron chi connectivity index (χ0n) is 11.0. The van der Waals surface area contributed by atoms with E-state index in [0.29, 0.717) is 28.2 Å². The van der Waals surface area contributed by atoms with Crippen molar-refractivity contribution in [1.29, 1.82) is 0 Å². The molecule has 3 aromatic rings. The van der Waals surface area contributed by atoms with Crippen molar-refractivity contribution in [3.05, 3.63) is 24.4 Å². The fraction of sp³-hybridized carbons (Fsp3) is 0.167. The van der Waals surface area contributed by atoms with Crippen LogP contribution in [0.3, 0.4) is 0 Å². The lowest BCUT2D eigenvalue weighted by molar-refractivity contribution is 0.602. The molecule has 0 aliphatic heterocycles. The Labute approximate surface area is 115 Å². The van der Waals surface area contributed by atoms with Gasteiger partial charge in [-0.2, -0.15) is 5.10 Å². The second-order valence-corrected chi connectivity index (χ2v) is 6.62. The first-order valence-electron chi connectivity index (χ1n) is 5.84. The second kappa shape index (κ2) is 4.07. The summed E-state index contributed by atoms with van der Waals surface area (Å²) in [6.07, 6.45) is 2.79. The minimum atomic E-state index is -3.24. The van der Waals surface area contributed by atoms with Gasteiger partial charge in [0.25, 0.3) is 0 Å². The largest absolute Gasteiger partial charge is 0.383 e. The van der Waals surface area contributed by atoms with Gasteiger partial charge < -0.3 is 10.7 Å². The Morgan fingerprint density at radius 1 is 1.35 bits per heavy atom. The predicted octanol–water partition coefficient (Wildman–Crippen LogP) is 0.949. The van der Waals surface area contributed by atoms with Gasteiger partial charge in [0, 0.05) is 13.3 Å². The monoisotopic (exact) mass is 291 g/mol. The molecule has 0 fully saturated rings. The third kappa shape index (κ3) is 1.94. The van der Waals surface area contributed by atoms with Gasteiger partial charge in [0.1, 0.15) is 11.6 Å². The van der Waals surface area contributed by atoms with Gasteiger partial charge in [0.15, 0.2) is 9.84 Å². The Hall–Kier alpha value is -2.35. The molecule has 0 aliphatic rings. The summed E-state index contributed by atoms with van der Waals surface area (Å²) in [4.78, 5) is 7.72. The molecule has 0 unspecified atom stereocenters. The van der Waals surface area contributed by atoms with Gasteiger partial charge in [-0.15, -0.1) is 0 Å². The zero-order chi connectivity index (χ0) is 14.5. The number of hydrogen-bond donors (Lipinski definition) is 2. The van der Waals surface area contributed by atoms with Crippen LogP contribution in [0, 0.1) is 0 Å². The van der Waals surface area contributed by atoms with E-state index in [9.17, 15) is 8.42 Å². The van der Waals surface area contributed by atoms with Crippen LogP contribution in [-0.2, 0) is 16.9 Å². The summed E-state index contributed by atoms with van der Waals surface area (Å²) < 4.78 is 24.6. The van der Waals surface area contributed by atoms with E-state index in [1.54, 1.807) is 30.1 Å². The highest BCUT2D eigenvalue weighted by Gasteiger charge is 2.14. The number of aromatic amines is 1. The highest BCUT2D eigenvalue weighted by atomic mass is 32.2. The maximum atomic E-state index is 11.5. The van der Waals surface area contributed by atoms with E-state index in [1.807, 2.05) is 0 Å². The van der Waals surface area contributed by atoms with Crippen LogP contribution in [0.2, 0.25) is 0 Å². The molecule has 2 aromatic heterocycles. The third-order valence-electron chi connectivity index (χ3n) is 3.12. The van der Waals surface area contributed by atoms with Crippen LogP contribution < -0.4 is 5.73 Å². The highest BCUT2D eigenvalue weighted by molar-refractivity contribution is 7.90. The molecule has 0 aliphatic carbocycles. The fourth-order valence-corrected chi connectivity index (χ4v) is 2.62. The SMILES string of the molecule is Cn1ncc(-c2nc3ccc(S(C)(=O)=O)cc3[nH]2)c1N. The molecule has 0 amide bonds.